The predicted molar refractivity (Wildman–Crippen MR) is 68.3 cm³/mol. The topological polar surface area (TPSA) is 37.9 Å². The van der Waals surface area contributed by atoms with Crippen LogP contribution < -0.4 is 4.74 Å². The number of hydrogen-bond acceptors (Lipinski definition) is 3. The van der Waals surface area contributed by atoms with Crippen LogP contribution in [0.25, 0.3) is 11.0 Å². The fourth-order valence-electron chi connectivity index (χ4n) is 1.43. The van der Waals surface area contributed by atoms with Gasteiger partial charge in [-0.25, -0.2) is 4.98 Å². The number of ether oxygens (including phenoxy) is 1. The standard InChI is InChI=1S/C12H16N2OS/c1-12(2,3)16-11-13-9-6-5-8(15-4)7-10(9)14-11/h5-7H,1-4H3,(H,13,14). The van der Waals surface area contributed by atoms with Crippen molar-refractivity contribution in [2.45, 2.75) is 30.7 Å². The summed E-state index contributed by atoms with van der Waals surface area (Å²) in [7, 11) is 1.67. The molecule has 0 fully saturated rings. The van der Waals surface area contributed by atoms with Gasteiger partial charge in [-0.05, 0) is 12.1 Å². The molecule has 2 aromatic rings. The van der Waals surface area contributed by atoms with Crippen LogP contribution in [-0.2, 0) is 0 Å². The highest BCUT2D eigenvalue weighted by Crippen LogP contribution is 2.31. The number of rotatable bonds is 2. The maximum Gasteiger partial charge on any atom is 0.166 e. The fourth-order valence-corrected chi connectivity index (χ4v) is 2.31. The summed E-state index contributed by atoms with van der Waals surface area (Å²) in [5.41, 5.74) is 2.00. The Morgan fingerprint density at radius 3 is 2.69 bits per heavy atom. The number of nitrogens with one attached hydrogen (secondary N) is 1. The Bertz CT molecular complexity index is 499. The van der Waals surface area contributed by atoms with E-state index in [1.54, 1.807) is 18.9 Å². The lowest BCUT2D eigenvalue weighted by atomic mass is 10.3. The first kappa shape index (κ1) is 11.3. The molecule has 1 N–H and O–H groups in total. The van der Waals surface area contributed by atoms with E-state index in [0.717, 1.165) is 21.9 Å². The van der Waals surface area contributed by atoms with Gasteiger partial charge in [-0.15, -0.1) is 0 Å². The Labute approximate surface area is 99.6 Å². The van der Waals surface area contributed by atoms with Gasteiger partial charge in [0.05, 0.1) is 18.1 Å². The molecule has 4 heteroatoms. The number of aromatic nitrogens is 2. The van der Waals surface area contributed by atoms with Crippen molar-refractivity contribution >= 4 is 22.8 Å². The maximum absolute atomic E-state index is 5.17. The van der Waals surface area contributed by atoms with E-state index in [-0.39, 0.29) is 4.75 Å². The average Bonchev–Trinajstić information content (AvgIpc) is 2.55. The quantitative estimate of drug-likeness (QED) is 0.811. The minimum atomic E-state index is 0.165. The van der Waals surface area contributed by atoms with Crippen LogP contribution in [0.4, 0.5) is 0 Å². The SMILES string of the molecule is COc1ccc2[nH]c(SC(C)(C)C)nc2c1. The van der Waals surface area contributed by atoms with Gasteiger partial charge >= 0.3 is 0 Å². The molecular weight excluding hydrogens is 220 g/mol. The largest absolute Gasteiger partial charge is 0.497 e. The lowest BCUT2D eigenvalue weighted by Crippen LogP contribution is -2.06. The van der Waals surface area contributed by atoms with Gasteiger partial charge in [0, 0.05) is 10.8 Å². The Kier molecular flexibility index (Phi) is 2.84. The zero-order valence-electron chi connectivity index (χ0n) is 10.00. The zero-order valence-corrected chi connectivity index (χ0v) is 10.8. The Morgan fingerprint density at radius 2 is 2.06 bits per heavy atom. The van der Waals surface area contributed by atoms with Crippen LogP contribution in [0.2, 0.25) is 0 Å². The molecule has 0 saturated carbocycles. The second-order valence-electron chi connectivity index (χ2n) is 4.64. The first-order valence-electron chi connectivity index (χ1n) is 5.21. The highest BCUT2D eigenvalue weighted by molar-refractivity contribution is 8.00. The van der Waals surface area contributed by atoms with Crippen molar-refractivity contribution in [3.63, 3.8) is 0 Å². The summed E-state index contributed by atoms with van der Waals surface area (Å²) >= 11 is 1.73. The van der Waals surface area contributed by atoms with Crippen molar-refractivity contribution in [3.05, 3.63) is 18.2 Å². The summed E-state index contributed by atoms with van der Waals surface area (Å²) in [5.74, 6) is 0.839. The molecule has 0 spiro atoms. The highest BCUT2D eigenvalue weighted by Gasteiger charge is 2.15. The molecule has 0 aliphatic rings. The van der Waals surface area contributed by atoms with E-state index < -0.39 is 0 Å². The molecule has 0 amide bonds. The number of imidazole rings is 1. The van der Waals surface area contributed by atoms with Crippen LogP contribution >= 0.6 is 11.8 Å². The van der Waals surface area contributed by atoms with E-state index in [1.165, 1.54) is 0 Å². The third kappa shape index (κ3) is 2.50. The van der Waals surface area contributed by atoms with Crippen LogP contribution in [0.15, 0.2) is 23.4 Å². The van der Waals surface area contributed by atoms with Crippen LogP contribution in [0.5, 0.6) is 5.75 Å². The number of hydrogen-bond donors (Lipinski definition) is 1. The molecule has 3 nitrogen and oxygen atoms in total. The van der Waals surface area contributed by atoms with Crippen molar-refractivity contribution in [1.82, 2.24) is 9.97 Å². The van der Waals surface area contributed by atoms with Crippen LogP contribution in [0, 0.1) is 0 Å². The van der Waals surface area contributed by atoms with Crippen molar-refractivity contribution in [2.75, 3.05) is 7.11 Å². The molecule has 2 rings (SSSR count). The summed E-state index contributed by atoms with van der Waals surface area (Å²) in [6, 6.07) is 5.87. The Hall–Kier alpha value is -1.16. The molecule has 16 heavy (non-hydrogen) atoms. The van der Waals surface area contributed by atoms with Crippen molar-refractivity contribution in [1.29, 1.82) is 0 Å². The third-order valence-corrected chi connectivity index (χ3v) is 3.07. The molecule has 0 aliphatic heterocycles. The lowest BCUT2D eigenvalue weighted by molar-refractivity contribution is 0.415. The van der Waals surface area contributed by atoms with Crippen molar-refractivity contribution in [2.24, 2.45) is 0 Å². The summed E-state index contributed by atoms with van der Waals surface area (Å²) in [6.45, 7) is 6.52. The molecule has 0 aliphatic carbocycles. The molecule has 0 unspecified atom stereocenters. The second kappa shape index (κ2) is 4.01. The molecule has 0 bridgehead atoms. The van der Waals surface area contributed by atoms with E-state index >= 15 is 0 Å². The summed E-state index contributed by atoms with van der Waals surface area (Å²) in [5, 5.41) is 0.954. The molecular formula is C12H16N2OS. The number of H-pyrrole nitrogens is 1. The van der Waals surface area contributed by atoms with Gasteiger partial charge in [-0.1, -0.05) is 32.5 Å². The minimum Gasteiger partial charge on any atom is -0.497 e. The predicted octanol–water partition coefficient (Wildman–Crippen LogP) is 3.46. The van der Waals surface area contributed by atoms with Gasteiger partial charge in [0.15, 0.2) is 5.16 Å². The van der Waals surface area contributed by atoms with Gasteiger partial charge in [0.2, 0.25) is 0 Å². The van der Waals surface area contributed by atoms with Gasteiger partial charge in [-0.2, -0.15) is 0 Å². The summed E-state index contributed by atoms with van der Waals surface area (Å²) in [4.78, 5) is 7.83. The van der Waals surface area contributed by atoms with Crippen molar-refractivity contribution < 1.29 is 4.74 Å². The summed E-state index contributed by atoms with van der Waals surface area (Å²) in [6.07, 6.45) is 0. The molecule has 86 valence electrons. The van der Waals surface area contributed by atoms with Gasteiger partial charge in [0.1, 0.15) is 5.75 Å². The number of thioether (sulfide) groups is 1. The first-order chi connectivity index (χ1) is 7.48. The van der Waals surface area contributed by atoms with Crippen LogP contribution in [0.1, 0.15) is 20.8 Å². The van der Waals surface area contributed by atoms with E-state index in [0.29, 0.717) is 0 Å². The Morgan fingerprint density at radius 1 is 1.31 bits per heavy atom. The van der Waals surface area contributed by atoms with Gasteiger partial charge < -0.3 is 9.72 Å². The molecule has 1 heterocycles. The molecule has 0 atom stereocenters. The number of aromatic amines is 1. The van der Waals surface area contributed by atoms with E-state index in [4.69, 9.17) is 4.74 Å². The molecule has 0 radical (unpaired) electrons. The smallest absolute Gasteiger partial charge is 0.166 e. The minimum absolute atomic E-state index is 0.165. The van der Waals surface area contributed by atoms with E-state index in [9.17, 15) is 0 Å². The fraction of sp³-hybridized carbons (Fsp3) is 0.417. The molecule has 0 saturated heterocycles. The average molecular weight is 236 g/mol. The van der Waals surface area contributed by atoms with Gasteiger partial charge in [0.25, 0.3) is 0 Å². The normalized spacial score (nSPS) is 12.0. The molecule has 1 aromatic heterocycles. The summed E-state index contributed by atoms with van der Waals surface area (Å²) < 4.78 is 5.34. The zero-order chi connectivity index (χ0) is 11.8. The maximum atomic E-state index is 5.17. The highest BCUT2D eigenvalue weighted by atomic mass is 32.2. The molecule has 1 aromatic carbocycles. The lowest BCUT2D eigenvalue weighted by Gasteiger charge is -2.14. The van der Waals surface area contributed by atoms with E-state index in [2.05, 4.69) is 30.7 Å². The number of fused-ring (bicyclic) bond motifs is 1. The number of nitrogens with zero attached hydrogens (tertiary/aromatic N) is 1. The van der Waals surface area contributed by atoms with E-state index in [1.807, 2.05) is 18.2 Å². The monoisotopic (exact) mass is 236 g/mol. The number of methoxy groups -OCH3 is 1. The van der Waals surface area contributed by atoms with Crippen LogP contribution in [-0.4, -0.2) is 21.8 Å². The van der Waals surface area contributed by atoms with Gasteiger partial charge in [-0.3, -0.25) is 0 Å². The second-order valence-corrected chi connectivity index (χ2v) is 6.46. The third-order valence-electron chi connectivity index (χ3n) is 2.07. The van der Waals surface area contributed by atoms with Crippen molar-refractivity contribution in [3.8, 4) is 5.75 Å². The first-order valence-corrected chi connectivity index (χ1v) is 6.02. The Balaban J connectivity index is 2.36. The number of benzene rings is 1. The van der Waals surface area contributed by atoms with Crippen LogP contribution in [0.3, 0.4) is 0 Å².